The molecule has 0 radical (unpaired) electrons. The largest absolute Gasteiger partial charge is 0.497 e. The first-order valence-corrected chi connectivity index (χ1v) is 6.46. The maximum atomic E-state index is 13.7. The van der Waals surface area contributed by atoms with Gasteiger partial charge in [-0.2, -0.15) is 0 Å². The van der Waals surface area contributed by atoms with E-state index in [1.165, 1.54) is 7.11 Å². The van der Waals surface area contributed by atoms with Crippen LogP contribution in [0.3, 0.4) is 0 Å². The first kappa shape index (κ1) is 15.3. The Morgan fingerprint density at radius 2 is 1.81 bits per heavy atom. The SMILES string of the molecule is COc1ccc(OC)c(C(N)Cc2cc(F)ccc2F)c1. The Balaban J connectivity index is 2.31. The van der Waals surface area contributed by atoms with Gasteiger partial charge in [0.25, 0.3) is 0 Å². The van der Waals surface area contributed by atoms with Crippen LogP contribution in [0.15, 0.2) is 36.4 Å². The molecule has 0 aromatic heterocycles. The third kappa shape index (κ3) is 3.49. The van der Waals surface area contributed by atoms with Crippen LogP contribution in [0, 0.1) is 11.6 Å². The number of halogens is 2. The molecule has 112 valence electrons. The van der Waals surface area contributed by atoms with Gasteiger partial charge in [-0.05, 0) is 48.4 Å². The normalized spacial score (nSPS) is 12.0. The molecule has 3 nitrogen and oxygen atoms in total. The highest BCUT2D eigenvalue weighted by Gasteiger charge is 2.16. The number of methoxy groups -OCH3 is 2. The summed E-state index contributed by atoms with van der Waals surface area (Å²) in [6, 6.07) is 8.01. The predicted octanol–water partition coefficient (Wildman–Crippen LogP) is 3.22. The van der Waals surface area contributed by atoms with Crippen LogP contribution in [-0.2, 0) is 6.42 Å². The minimum atomic E-state index is -0.536. The average molecular weight is 293 g/mol. The Morgan fingerprint density at radius 1 is 1.05 bits per heavy atom. The fraction of sp³-hybridized carbons (Fsp3) is 0.250. The number of nitrogens with two attached hydrogens (primary N) is 1. The molecular formula is C16H17F2NO2. The molecule has 0 spiro atoms. The highest BCUT2D eigenvalue weighted by atomic mass is 19.1. The Kier molecular flexibility index (Phi) is 4.75. The maximum absolute atomic E-state index is 13.7. The van der Waals surface area contributed by atoms with Gasteiger partial charge in [0.15, 0.2) is 0 Å². The Hall–Kier alpha value is -2.14. The van der Waals surface area contributed by atoms with E-state index in [2.05, 4.69) is 0 Å². The van der Waals surface area contributed by atoms with Gasteiger partial charge in [-0.3, -0.25) is 0 Å². The Labute approximate surface area is 122 Å². The van der Waals surface area contributed by atoms with Crippen molar-refractivity contribution >= 4 is 0 Å². The third-order valence-electron chi connectivity index (χ3n) is 3.28. The molecule has 2 rings (SSSR count). The van der Waals surface area contributed by atoms with Gasteiger partial charge in [0.2, 0.25) is 0 Å². The zero-order valence-corrected chi connectivity index (χ0v) is 11.9. The maximum Gasteiger partial charge on any atom is 0.126 e. The lowest BCUT2D eigenvalue weighted by atomic mass is 9.98. The van der Waals surface area contributed by atoms with E-state index in [-0.39, 0.29) is 12.0 Å². The molecule has 2 aromatic carbocycles. The molecule has 2 aromatic rings. The van der Waals surface area contributed by atoms with Crippen molar-refractivity contribution in [3.8, 4) is 11.5 Å². The molecular weight excluding hydrogens is 276 g/mol. The van der Waals surface area contributed by atoms with E-state index < -0.39 is 17.7 Å². The second-order valence-electron chi connectivity index (χ2n) is 4.65. The third-order valence-corrected chi connectivity index (χ3v) is 3.28. The lowest BCUT2D eigenvalue weighted by molar-refractivity contribution is 0.394. The zero-order chi connectivity index (χ0) is 15.4. The van der Waals surface area contributed by atoms with Gasteiger partial charge < -0.3 is 15.2 Å². The van der Waals surface area contributed by atoms with Gasteiger partial charge in [0.05, 0.1) is 14.2 Å². The van der Waals surface area contributed by atoms with Crippen LogP contribution in [0.2, 0.25) is 0 Å². The first-order valence-electron chi connectivity index (χ1n) is 6.46. The summed E-state index contributed by atoms with van der Waals surface area (Å²) in [4.78, 5) is 0. The van der Waals surface area contributed by atoms with Gasteiger partial charge in [0.1, 0.15) is 23.1 Å². The van der Waals surface area contributed by atoms with Gasteiger partial charge in [-0.15, -0.1) is 0 Å². The molecule has 0 aliphatic rings. The molecule has 0 aliphatic carbocycles. The van der Waals surface area contributed by atoms with Crippen LogP contribution >= 0.6 is 0 Å². The van der Waals surface area contributed by atoms with Crippen molar-refractivity contribution in [3.05, 3.63) is 59.2 Å². The van der Waals surface area contributed by atoms with E-state index in [1.54, 1.807) is 25.3 Å². The van der Waals surface area contributed by atoms with E-state index >= 15 is 0 Å². The highest BCUT2D eigenvalue weighted by Crippen LogP contribution is 2.30. The summed E-state index contributed by atoms with van der Waals surface area (Å²) in [6.07, 6.45) is 0.160. The second-order valence-corrected chi connectivity index (χ2v) is 4.65. The van der Waals surface area contributed by atoms with E-state index in [0.717, 1.165) is 18.2 Å². The van der Waals surface area contributed by atoms with Crippen molar-refractivity contribution in [2.45, 2.75) is 12.5 Å². The van der Waals surface area contributed by atoms with Gasteiger partial charge in [-0.25, -0.2) is 8.78 Å². The molecule has 0 saturated heterocycles. The smallest absolute Gasteiger partial charge is 0.126 e. The van der Waals surface area contributed by atoms with Gasteiger partial charge in [-0.1, -0.05) is 0 Å². The molecule has 0 heterocycles. The van der Waals surface area contributed by atoms with Gasteiger partial charge in [0, 0.05) is 11.6 Å². The summed E-state index contributed by atoms with van der Waals surface area (Å²) in [5.41, 5.74) is 7.03. The molecule has 0 bridgehead atoms. The van der Waals surface area contributed by atoms with E-state index in [0.29, 0.717) is 17.1 Å². The minimum Gasteiger partial charge on any atom is -0.497 e. The van der Waals surface area contributed by atoms with E-state index in [1.807, 2.05) is 0 Å². The lowest BCUT2D eigenvalue weighted by Gasteiger charge is -2.17. The van der Waals surface area contributed by atoms with E-state index in [4.69, 9.17) is 15.2 Å². The molecule has 1 unspecified atom stereocenters. The number of benzene rings is 2. The van der Waals surface area contributed by atoms with Crippen molar-refractivity contribution in [2.75, 3.05) is 14.2 Å². The van der Waals surface area contributed by atoms with Crippen LogP contribution in [-0.4, -0.2) is 14.2 Å². The standard InChI is InChI=1S/C16H17F2NO2/c1-20-12-4-6-16(21-2)13(9-12)15(19)8-10-7-11(17)3-5-14(10)18/h3-7,9,15H,8,19H2,1-2H3. The number of hydrogen-bond acceptors (Lipinski definition) is 3. The van der Waals surface area contributed by atoms with Gasteiger partial charge >= 0.3 is 0 Å². The number of hydrogen-bond donors (Lipinski definition) is 1. The first-order chi connectivity index (χ1) is 10.0. The fourth-order valence-electron chi connectivity index (χ4n) is 2.18. The van der Waals surface area contributed by atoms with Crippen LogP contribution in [0.5, 0.6) is 11.5 Å². The van der Waals surface area contributed by atoms with E-state index in [9.17, 15) is 8.78 Å². The van der Waals surface area contributed by atoms with Crippen molar-refractivity contribution in [1.82, 2.24) is 0 Å². The molecule has 5 heteroatoms. The quantitative estimate of drug-likeness (QED) is 0.920. The van der Waals surface area contributed by atoms with Crippen molar-refractivity contribution in [3.63, 3.8) is 0 Å². The minimum absolute atomic E-state index is 0.160. The Bertz CT molecular complexity index is 632. The molecule has 2 N–H and O–H groups in total. The van der Waals surface area contributed by atoms with Crippen LogP contribution in [0.25, 0.3) is 0 Å². The topological polar surface area (TPSA) is 44.5 Å². The van der Waals surface area contributed by atoms with Crippen LogP contribution < -0.4 is 15.2 Å². The second kappa shape index (κ2) is 6.54. The summed E-state index contributed by atoms with van der Waals surface area (Å²) < 4.78 is 37.3. The molecule has 0 fully saturated rings. The molecule has 0 aliphatic heterocycles. The van der Waals surface area contributed by atoms with Crippen molar-refractivity contribution in [1.29, 1.82) is 0 Å². The van der Waals surface area contributed by atoms with Crippen molar-refractivity contribution in [2.24, 2.45) is 5.73 Å². The van der Waals surface area contributed by atoms with Crippen LogP contribution in [0.1, 0.15) is 17.2 Å². The zero-order valence-electron chi connectivity index (χ0n) is 11.9. The molecule has 0 amide bonds. The summed E-state index contributed by atoms with van der Waals surface area (Å²) >= 11 is 0. The monoisotopic (exact) mass is 293 g/mol. The number of ether oxygens (including phenoxy) is 2. The molecule has 1 atom stereocenters. The van der Waals surface area contributed by atoms with Crippen molar-refractivity contribution < 1.29 is 18.3 Å². The molecule has 0 saturated carbocycles. The Morgan fingerprint density at radius 3 is 2.48 bits per heavy atom. The predicted molar refractivity (Wildman–Crippen MR) is 76.5 cm³/mol. The summed E-state index contributed by atoms with van der Waals surface area (Å²) in [5.74, 6) is 0.242. The molecule has 21 heavy (non-hydrogen) atoms. The average Bonchev–Trinajstić information content (AvgIpc) is 2.50. The lowest BCUT2D eigenvalue weighted by Crippen LogP contribution is -2.15. The van der Waals surface area contributed by atoms with Crippen LogP contribution in [0.4, 0.5) is 8.78 Å². The summed E-state index contributed by atoms with van der Waals surface area (Å²) in [6.45, 7) is 0. The summed E-state index contributed by atoms with van der Waals surface area (Å²) in [7, 11) is 3.07. The highest BCUT2D eigenvalue weighted by molar-refractivity contribution is 5.42. The fourth-order valence-corrected chi connectivity index (χ4v) is 2.18. The summed E-state index contributed by atoms with van der Waals surface area (Å²) in [5, 5.41) is 0. The number of rotatable bonds is 5.